The molecule has 2 rings (SSSR count). The molecule has 90 valence electrons. The van der Waals surface area contributed by atoms with E-state index < -0.39 is 5.97 Å². The zero-order valence-electron chi connectivity index (χ0n) is 10.3. The number of carboxylic acid groups (broad SMARTS) is 1. The number of benzene rings is 1. The van der Waals surface area contributed by atoms with Gasteiger partial charge in [0.2, 0.25) is 0 Å². The second-order valence-electron chi connectivity index (χ2n) is 5.05. The first kappa shape index (κ1) is 11.7. The summed E-state index contributed by atoms with van der Waals surface area (Å²) in [5.41, 5.74) is 2.46. The van der Waals surface area contributed by atoms with Crippen molar-refractivity contribution < 1.29 is 14.6 Å². The summed E-state index contributed by atoms with van der Waals surface area (Å²) in [4.78, 5) is 10.9. The van der Waals surface area contributed by atoms with Crippen LogP contribution in [0.5, 0.6) is 5.75 Å². The molecule has 0 bridgehead atoms. The first-order chi connectivity index (χ1) is 7.87. The van der Waals surface area contributed by atoms with Crippen LogP contribution < -0.4 is 4.74 Å². The van der Waals surface area contributed by atoms with Gasteiger partial charge >= 0.3 is 5.97 Å². The second kappa shape index (κ2) is 3.91. The summed E-state index contributed by atoms with van der Waals surface area (Å²) in [5, 5.41) is 8.91. The van der Waals surface area contributed by atoms with E-state index in [1.165, 1.54) is 6.08 Å². The highest BCUT2D eigenvalue weighted by Gasteiger charge is 2.30. The normalized spacial score (nSPS) is 19.6. The minimum absolute atomic E-state index is 0.358. The van der Waals surface area contributed by atoms with Gasteiger partial charge in [-0.3, -0.25) is 0 Å². The third-order valence-corrected chi connectivity index (χ3v) is 2.78. The van der Waals surface area contributed by atoms with Crippen molar-refractivity contribution in [1.82, 2.24) is 0 Å². The molecule has 1 heterocycles. The molecule has 17 heavy (non-hydrogen) atoms. The van der Waals surface area contributed by atoms with E-state index in [0.717, 1.165) is 22.4 Å². The van der Waals surface area contributed by atoms with Crippen LogP contribution in [0.1, 0.15) is 31.4 Å². The molecule has 1 aliphatic heterocycles. The van der Waals surface area contributed by atoms with Crippen molar-refractivity contribution in [2.24, 2.45) is 0 Å². The van der Waals surface area contributed by atoms with Crippen LogP contribution in [0, 0.1) is 6.92 Å². The van der Waals surface area contributed by atoms with Crippen LogP contribution in [0.15, 0.2) is 24.3 Å². The van der Waals surface area contributed by atoms with Crippen molar-refractivity contribution in [1.29, 1.82) is 0 Å². The Morgan fingerprint density at radius 3 is 2.82 bits per heavy atom. The molecule has 0 aromatic heterocycles. The third-order valence-electron chi connectivity index (χ3n) is 2.78. The van der Waals surface area contributed by atoms with Gasteiger partial charge in [0.1, 0.15) is 11.4 Å². The van der Waals surface area contributed by atoms with Crippen molar-refractivity contribution >= 4 is 11.5 Å². The molecule has 0 saturated carbocycles. The summed E-state index contributed by atoms with van der Waals surface area (Å²) in [7, 11) is 0. The maximum absolute atomic E-state index is 10.9. The average Bonchev–Trinajstić information content (AvgIpc) is 2.17. The Kier molecular flexibility index (Phi) is 2.69. The van der Waals surface area contributed by atoms with E-state index in [4.69, 9.17) is 9.84 Å². The van der Waals surface area contributed by atoms with E-state index in [1.807, 2.05) is 39.0 Å². The first-order valence-corrected chi connectivity index (χ1v) is 5.61. The Bertz CT molecular complexity index is 498. The number of ether oxygens (including phenoxy) is 1. The van der Waals surface area contributed by atoms with Crippen molar-refractivity contribution in [2.45, 2.75) is 32.8 Å². The number of aliphatic carboxylic acids is 1. The van der Waals surface area contributed by atoms with Crippen molar-refractivity contribution in [3.63, 3.8) is 0 Å². The summed E-state index contributed by atoms with van der Waals surface area (Å²) < 4.78 is 5.85. The van der Waals surface area contributed by atoms with E-state index in [9.17, 15) is 4.79 Å². The summed E-state index contributed by atoms with van der Waals surface area (Å²) in [6.07, 6.45) is 1.89. The molecule has 1 N–H and O–H groups in total. The Balaban J connectivity index is 2.56. The zero-order valence-corrected chi connectivity index (χ0v) is 10.3. The lowest BCUT2D eigenvalue weighted by Gasteiger charge is -2.34. The topological polar surface area (TPSA) is 46.5 Å². The standard InChI is InChI=1S/C14H16O3/c1-9-4-5-12-11(6-9)10(7-13(15)16)8-14(2,3)17-12/h4-7H,8H2,1-3H3,(H,15,16)/b10-7+. The summed E-state index contributed by atoms with van der Waals surface area (Å²) in [6.45, 7) is 5.91. The molecule has 0 atom stereocenters. The van der Waals surface area contributed by atoms with Crippen molar-refractivity contribution in [3.05, 3.63) is 35.4 Å². The second-order valence-corrected chi connectivity index (χ2v) is 5.05. The smallest absolute Gasteiger partial charge is 0.328 e. The number of rotatable bonds is 1. The maximum Gasteiger partial charge on any atom is 0.328 e. The summed E-state index contributed by atoms with van der Waals surface area (Å²) in [5.74, 6) is -0.149. The maximum atomic E-state index is 10.9. The number of aryl methyl sites for hydroxylation is 1. The van der Waals surface area contributed by atoms with Gasteiger partial charge in [-0.25, -0.2) is 4.79 Å². The molecule has 0 amide bonds. The zero-order chi connectivity index (χ0) is 12.6. The highest BCUT2D eigenvalue weighted by Crippen LogP contribution is 2.40. The van der Waals surface area contributed by atoms with Gasteiger partial charge in [0.05, 0.1) is 0 Å². The Morgan fingerprint density at radius 2 is 2.18 bits per heavy atom. The van der Waals surface area contributed by atoms with Crippen molar-refractivity contribution in [2.75, 3.05) is 0 Å². The third kappa shape index (κ3) is 2.49. The number of hydrogen-bond acceptors (Lipinski definition) is 2. The van der Waals surface area contributed by atoms with Gasteiger partial charge in [-0.1, -0.05) is 11.6 Å². The monoisotopic (exact) mass is 232 g/mol. The van der Waals surface area contributed by atoms with Gasteiger partial charge in [0.25, 0.3) is 0 Å². The molecule has 3 heteroatoms. The Hall–Kier alpha value is -1.77. The minimum Gasteiger partial charge on any atom is -0.487 e. The van der Waals surface area contributed by atoms with Gasteiger partial charge < -0.3 is 9.84 Å². The summed E-state index contributed by atoms with van der Waals surface area (Å²) in [6, 6.07) is 5.85. The predicted molar refractivity (Wildman–Crippen MR) is 66.1 cm³/mol. The van der Waals surface area contributed by atoms with Crippen LogP contribution in [0.2, 0.25) is 0 Å². The number of carbonyl (C=O) groups is 1. The van der Waals surface area contributed by atoms with E-state index in [1.54, 1.807) is 0 Å². The van der Waals surface area contributed by atoms with Crippen molar-refractivity contribution in [3.8, 4) is 5.75 Å². The fourth-order valence-electron chi connectivity index (χ4n) is 2.15. The quantitative estimate of drug-likeness (QED) is 0.757. The molecule has 1 aromatic rings. The van der Waals surface area contributed by atoms with Crippen LogP contribution in [0.3, 0.4) is 0 Å². The lowest BCUT2D eigenvalue weighted by atomic mass is 9.88. The number of hydrogen-bond donors (Lipinski definition) is 1. The van der Waals surface area contributed by atoms with E-state index >= 15 is 0 Å². The molecule has 0 spiro atoms. The molecule has 0 radical (unpaired) electrons. The molecule has 0 fully saturated rings. The lowest BCUT2D eigenvalue weighted by Crippen LogP contribution is -2.32. The Morgan fingerprint density at radius 1 is 1.47 bits per heavy atom. The van der Waals surface area contributed by atoms with Gasteiger partial charge in [0, 0.05) is 18.1 Å². The molecule has 1 aliphatic rings. The van der Waals surface area contributed by atoms with Crippen LogP contribution in [0.25, 0.3) is 5.57 Å². The average molecular weight is 232 g/mol. The van der Waals surface area contributed by atoms with Crippen LogP contribution in [-0.4, -0.2) is 16.7 Å². The molecule has 0 unspecified atom stereocenters. The van der Waals surface area contributed by atoms with Gasteiger partial charge in [-0.2, -0.15) is 0 Å². The SMILES string of the molecule is Cc1ccc2c(c1)/C(=C/C(=O)O)CC(C)(C)O2. The fourth-order valence-corrected chi connectivity index (χ4v) is 2.15. The molecular weight excluding hydrogens is 216 g/mol. The molecule has 3 nitrogen and oxygen atoms in total. The van der Waals surface area contributed by atoms with Crippen LogP contribution >= 0.6 is 0 Å². The van der Waals surface area contributed by atoms with E-state index in [-0.39, 0.29) is 5.60 Å². The molecule has 0 saturated heterocycles. The van der Waals surface area contributed by atoms with Gasteiger partial charge in [0.15, 0.2) is 0 Å². The largest absolute Gasteiger partial charge is 0.487 e. The molecule has 0 aliphatic carbocycles. The number of carboxylic acids is 1. The lowest BCUT2D eigenvalue weighted by molar-refractivity contribution is -0.131. The van der Waals surface area contributed by atoms with Crippen LogP contribution in [-0.2, 0) is 4.79 Å². The highest BCUT2D eigenvalue weighted by molar-refractivity contribution is 5.91. The molecule has 1 aromatic carbocycles. The summed E-state index contributed by atoms with van der Waals surface area (Å²) >= 11 is 0. The number of fused-ring (bicyclic) bond motifs is 1. The fraction of sp³-hybridized carbons (Fsp3) is 0.357. The van der Waals surface area contributed by atoms with E-state index in [0.29, 0.717) is 6.42 Å². The van der Waals surface area contributed by atoms with E-state index in [2.05, 4.69) is 0 Å². The van der Waals surface area contributed by atoms with Crippen LogP contribution in [0.4, 0.5) is 0 Å². The highest BCUT2D eigenvalue weighted by atomic mass is 16.5. The first-order valence-electron chi connectivity index (χ1n) is 5.61. The Labute approximate surface area is 101 Å². The minimum atomic E-state index is -0.912. The van der Waals surface area contributed by atoms with Gasteiger partial charge in [-0.15, -0.1) is 0 Å². The predicted octanol–water partition coefficient (Wildman–Crippen LogP) is 3.02. The van der Waals surface area contributed by atoms with Gasteiger partial charge in [-0.05, 0) is 38.5 Å². The molecular formula is C14H16O3.